The largest absolute Gasteiger partial charge is 0.445 e. The van der Waals surface area contributed by atoms with E-state index in [0.717, 1.165) is 42.1 Å². The number of nitrogens with zero attached hydrogens (tertiary/aromatic N) is 4. The smallest absolute Gasteiger partial charge is 0.410 e. The lowest BCUT2D eigenvalue weighted by Crippen LogP contribution is -2.42. The summed E-state index contributed by atoms with van der Waals surface area (Å²) in [5, 5.41) is 12.1. The van der Waals surface area contributed by atoms with Crippen LogP contribution in [0.5, 0.6) is 0 Å². The number of amides is 1. The third-order valence-electron chi connectivity index (χ3n) is 6.46. The van der Waals surface area contributed by atoms with Crippen LogP contribution in [0.25, 0.3) is 11.0 Å². The van der Waals surface area contributed by atoms with E-state index in [2.05, 4.69) is 29.6 Å². The maximum atomic E-state index is 12.7. The zero-order valence-electron chi connectivity index (χ0n) is 20.9. The average molecular weight is 497 g/mol. The van der Waals surface area contributed by atoms with Gasteiger partial charge in [-0.15, -0.1) is 0 Å². The van der Waals surface area contributed by atoms with Crippen molar-refractivity contribution in [3.05, 3.63) is 60.2 Å². The van der Waals surface area contributed by atoms with Crippen LogP contribution in [0.3, 0.4) is 0 Å². The summed E-state index contributed by atoms with van der Waals surface area (Å²) in [7, 11) is -1.14. The lowest BCUT2D eigenvalue weighted by Gasteiger charge is -2.34. The highest BCUT2D eigenvalue weighted by molar-refractivity contribution is 6.76. The van der Waals surface area contributed by atoms with Crippen molar-refractivity contribution in [3.63, 3.8) is 0 Å². The van der Waals surface area contributed by atoms with Gasteiger partial charge in [0, 0.05) is 45.3 Å². The Balaban J connectivity index is 1.38. The Hall–Kier alpha value is -2.75. The summed E-state index contributed by atoms with van der Waals surface area (Å²) in [6.07, 6.45) is 3.90. The SMILES string of the molecule is C[Si](C)(C)CCOCn1ccc2c(C(O)C3CCCN(C(=O)OCc4ccccc4)C3)ncnc21. The van der Waals surface area contributed by atoms with E-state index in [1.165, 1.54) is 6.33 Å². The Morgan fingerprint density at radius 2 is 2.00 bits per heavy atom. The number of aromatic nitrogens is 3. The maximum absolute atomic E-state index is 12.7. The molecule has 0 aliphatic carbocycles. The number of aliphatic hydroxyl groups is 1. The molecule has 1 N–H and O–H groups in total. The second-order valence-corrected chi connectivity index (χ2v) is 16.1. The van der Waals surface area contributed by atoms with Crippen LogP contribution >= 0.6 is 0 Å². The molecule has 1 aliphatic rings. The van der Waals surface area contributed by atoms with Crippen LogP contribution in [-0.4, -0.2) is 58.4 Å². The molecule has 3 aromatic rings. The molecule has 1 aliphatic heterocycles. The molecule has 0 saturated carbocycles. The van der Waals surface area contributed by atoms with Crippen LogP contribution in [0, 0.1) is 5.92 Å². The molecular weight excluding hydrogens is 460 g/mol. The molecule has 0 radical (unpaired) electrons. The molecular formula is C26H36N4O4Si. The normalized spacial score (nSPS) is 17.5. The number of hydrogen-bond acceptors (Lipinski definition) is 6. The Morgan fingerprint density at radius 3 is 2.77 bits per heavy atom. The minimum atomic E-state index is -1.14. The first-order chi connectivity index (χ1) is 16.8. The van der Waals surface area contributed by atoms with Crippen LogP contribution in [0.1, 0.15) is 30.2 Å². The standard InChI is InChI=1S/C26H36N4O4Si/c1-35(2,3)15-14-33-19-30-13-11-22-23(27-18-28-25(22)30)24(31)21-10-7-12-29(16-21)26(32)34-17-20-8-5-4-6-9-20/h4-6,8-9,11,13,18,21,24,31H,7,10,12,14-17,19H2,1-3H3. The molecule has 1 saturated heterocycles. The Morgan fingerprint density at radius 1 is 1.20 bits per heavy atom. The first kappa shape index (κ1) is 25.3. The van der Waals surface area contributed by atoms with Crippen LogP contribution < -0.4 is 0 Å². The van der Waals surface area contributed by atoms with Crippen LogP contribution in [-0.2, 0) is 22.8 Å². The number of ether oxygens (including phenoxy) is 2. The Bertz CT molecular complexity index is 1120. The van der Waals surface area contributed by atoms with Crippen LogP contribution in [0.15, 0.2) is 48.9 Å². The fourth-order valence-corrected chi connectivity index (χ4v) is 5.13. The van der Waals surface area contributed by atoms with E-state index < -0.39 is 14.2 Å². The van der Waals surface area contributed by atoms with E-state index in [-0.39, 0.29) is 18.6 Å². The number of benzene rings is 1. The number of carbonyl (C=O) groups excluding carboxylic acids is 1. The topological polar surface area (TPSA) is 89.7 Å². The maximum Gasteiger partial charge on any atom is 0.410 e. The molecule has 3 heterocycles. The first-order valence-electron chi connectivity index (χ1n) is 12.3. The average Bonchev–Trinajstić information content (AvgIpc) is 3.28. The van der Waals surface area contributed by atoms with Crippen molar-refractivity contribution in [2.75, 3.05) is 19.7 Å². The van der Waals surface area contributed by atoms with Gasteiger partial charge in [-0.2, -0.15) is 0 Å². The molecule has 0 spiro atoms. The van der Waals surface area contributed by atoms with Crippen molar-refractivity contribution in [2.45, 2.75) is 58.0 Å². The predicted octanol–water partition coefficient (Wildman–Crippen LogP) is 4.83. The van der Waals surface area contributed by atoms with E-state index in [9.17, 15) is 9.90 Å². The van der Waals surface area contributed by atoms with E-state index in [0.29, 0.717) is 25.5 Å². The molecule has 4 rings (SSSR count). The number of piperidine rings is 1. The molecule has 1 aromatic carbocycles. The monoisotopic (exact) mass is 496 g/mol. The van der Waals surface area contributed by atoms with Crippen molar-refractivity contribution in [1.29, 1.82) is 0 Å². The minimum absolute atomic E-state index is 0.123. The fourth-order valence-electron chi connectivity index (χ4n) is 4.37. The highest BCUT2D eigenvalue weighted by Crippen LogP contribution is 2.32. The van der Waals surface area contributed by atoms with Gasteiger partial charge in [-0.25, -0.2) is 14.8 Å². The van der Waals surface area contributed by atoms with E-state index in [1.54, 1.807) is 4.90 Å². The quantitative estimate of drug-likeness (QED) is 0.337. The first-order valence-corrected chi connectivity index (χ1v) is 16.0. The molecule has 8 nitrogen and oxygen atoms in total. The van der Waals surface area contributed by atoms with E-state index in [4.69, 9.17) is 9.47 Å². The summed E-state index contributed by atoms with van der Waals surface area (Å²) in [5.74, 6) is -0.123. The molecule has 0 bridgehead atoms. The van der Waals surface area contributed by atoms with Gasteiger partial charge >= 0.3 is 6.09 Å². The van der Waals surface area contributed by atoms with Gasteiger partial charge in [0.15, 0.2) is 0 Å². The third-order valence-corrected chi connectivity index (χ3v) is 8.17. The van der Waals surface area contributed by atoms with Crippen molar-refractivity contribution in [1.82, 2.24) is 19.4 Å². The predicted molar refractivity (Wildman–Crippen MR) is 138 cm³/mol. The lowest BCUT2D eigenvalue weighted by molar-refractivity contribution is 0.0359. The lowest BCUT2D eigenvalue weighted by atomic mass is 9.90. The van der Waals surface area contributed by atoms with Gasteiger partial charge in [0.1, 0.15) is 31.4 Å². The van der Waals surface area contributed by atoms with E-state index >= 15 is 0 Å². The number of aliphatic hydroxyl groups excluding tert-OH is 1. The number of hydrogen-bond donors (Lipinski definition) is 1. The highest BCUT2D eigenvalue weighted by atomic mass is 28.3. The molecule has 2 atom stereocenters. The summed E-state index contributed by atoms with van der Waals surface area (Å²) in [4.78, 5) is 23.2. The van der Waals surface area contributed by atoms with Gasteiger partial charge in [0.25, 0.3) is 0 Å². The summed E-state index contributed by atoms with van der Waals surface area (Å²) in [6, 6.07) is 12.7. The Labute approximate surface area is 207 Å². The van der Waals surface area contributed by atoms with Gasteiger partial charge in [-0.05, 0) is 30.5 Å². The number of likely N-dealkylation sites (tertiary alicyclic amines) is 1. The molecule has 1 fully saturated rings. The zero-order chi connectivity index (χ0) is 24.8. The van der Waals surface area contributed by atoms with Crippen LogP contribution in [0.4, 0.5) is 4.79 Å². The van der Waals surface area contributed by atoms with Crippen molar-refractivity contribution in [2.24, 2.45) is 5.92 Å². The van der Waals surface area contributed by atoms with Gasteiger partial charge in [0.2, 0.25) is 0 Å². The summed E-state index contributed by atoms with van der Waals surface area (Å²) in [5.41, 5.74) is 2.30. The molecule has 188 valence electrons. The number of fused-ring (bicyclic) bond motifs is 1. The van der Waals surface area contributed by atoms with Gasteiger partial charge in [0.05, 0.1) is 5.69 Å². The fraction of sp³-hybridized carbons (Fsp3) is 0.500. The van der Waals surface area contributed by atoms with Crippen LogP contribution in [0.2, 0.25) is 25.7 Å². The molecule has 2 unspecified atom stereocenters. The zero-order valence-corrected chi connectivity index (χ0v) is 21.9. The second-order valence-electron chi connectivity index (χ2n) is 10.5. The Kier molecular flexibility index (Phi) is 8.20. The highest BCUT2D eigenvalue weighted by Gasteiger charge is 2.32. The van der Waals surface area contributed by atoms with E-state index in [1.807, 2.05) is 47.2 Å². The van der Waals surface area contributed by atoms with Gasteiger partial charge in [-0.1, -0.05) is 50.0 Å². The van der Waals surface area contributed by atoms with Gasteiger partial charge < -0.3 is 24.0 Å². The van der Waals surface area contributed by atoms with Crippen molar-refractivity contribution < 1.29 is 19.4 Å². The number of rotatable bonds is 9. The molecule has 9 heteroatoms. The summed E-state index contributed by atoms with van der Waals surface area (Å²) < 4.78 is 13.3. The second kappa shape index (κ2) is 11.3. The molecule has 35 heavy (non-hydrogen) atoms. The van der Waals surface area contributed by atoms with Crippen molar-refractivity contribution in [3.8, 4) is 0 Å². The number of carbonyl (C=O) groups is 1. The minimum Gasteiger partial charge on any atom is -0.445 e. The molecule has 2 aromatic heterocycles. The van der Waals surface area contributed by atoms with Crippen molar-refractivity contribution >= 4 is 25.2 Å². The third kappa shape index (κ3) is 6.68. The summed E-state index contributed by atoms with van der Waals surface area (Å²) in [6.45, 7) is 9.44. The van der Waals surface area contributed by atoms with Gasteiger partial charge in [-0.3, -0.25) is 0 Å². The molecule has 1 amide bonds. The summed E-state index contributed by atoms with van der Waals surface area (Å²) >= 11 is 0.